The van der Waals surface area contributed by atoms with Gasteiger partial charge in [0.05, 0.1) is 29.5 Å². The van der Waals surface area contributed by atoms with Crippen LogP contribution in [0.4, 0.5) is 24.5 Å². The van der Waals surface area contributed by atoms with Gasteiger partial charge in [-0.3, -0.25) is 9.69 Å². The first-order chi connectivity index (χ1) is 20.4. The summed E-state index contributed by atoms with van der Waals surface area (Å²) in [5.74, 6) is -6.08. The zero-order valence-electron chi connectivity index (χ0n) is 24.0. The molecule has 0 aromatic heterocycles. The second-order valence-corrected chi connectivity index (χ2v) is 11.5. The number of fused-ring (bicyclic) bond motifs is 1. The monoisotopic (exact) mass is 592 g/mol. The third kappa shape index (κ3) is 5.69. The number of cyclic esters (lactones) is 1. The van der Waals surface area contributed by atoms with Gasteiger partial charge in [0.25, 0.3) is 5.91 Å². The van der Waals surface area contributed by atoms with Crippen molar-refractivity contribution in [1.82, 2.24) is 0 Å². The molecule has 3 aromatic carbocycles. The van der Waals surface area contributed by atoms with Gasteiger partial charge in [-0.25, -0.2) is 13.6 Å². The average Bonchev–Trinajstić information content (AvgIpc) is 3.07. The predicted octanol–water partition coefficient (Wildman–Crippen LogP) is 7.20. The lowest BCUT2D eigenvalue weighted by Crippen LogP contribution is -2.39. The molecule has 1 unspecified atom stereocenters. The van der Waals surface area contributed by atoms with Crippen LogP contribution in [0.1, 0.15) is 55.6 Å². The van der Waals surface area contributed by atoms with Crippen LogP contribution >= 0.6 is 0 Å². The number of aromatic hydroxyl groups is 1. The molecule has 2 aliphatic rings. The maximum atomic E-state index is 16.2. The van der Waals surface area contributed by atoms with Gasteiger partial charge in [0, 0.05) is 11.3 Å². The number of nitrogens with zero attached hydrogens (tertiary/aromatic N) is 1. The van der Waals surface area contributed by atoms with Crippen molar-refractivity contribution in [3.05, 3.63) is 107 Å². The van der Waals surface area contributed by atoms with E-state index in [1.165, 1.54) is 48.5 Å². The summed E-state index contributed by atoms with van der Waals surface area (Å²) in [6.07, 6.45) is 0.721. The number of nitrogens with one attached hydrogen (secondary N) is 1. The van der Waals surface area contributed by atoms with Crippen molar-refractivity contribution in [2.45, 2.75) is 39.7 Å². The number of hydrogen-bond donors (Lipinski definition) is 2. The smallest absolute Gasteiger partial charge is 0.338 e. The van der Waals surface area contributed by atoms with Gasteiger partial charge >= 0.3 is 5.97 Å². The van der Waals surface area contributed by atoms with Gasteiger partial charge in [-0.2, -0.15) is 4.39 Å². The van der Waals surface area contributed by atoms with Gasteiger partial charge in [0.1, 0.15) is 23.9 Å². The molecule has 224 valence electrons. The number of phenols is 1. The van der Waals surface area contributed by atoms with Crippen LogP contribution in [-0.4, -0.2) is 30.2 Å². The van der Waals surface area contributed by atoms with Crippen molar-refractivity contribution in [3.63, 3.8) is 0 Å². The third-order valence-electron chi connectivity index (χ3n) is 7.47. The standard InChI is InChI=1S/C33H31F3N2O5/c1-18(2)17-43-25-13-12-20(27(35)28(25)36)30-26-22(16-33(3,4)14-15-42-32(26)41)37-29-23(10-7-11-24(29)39)38(30)31(40)19-8-5-6-9-21(19)34/h5-13,30,37,39H,1,14-17H2,2-4H3. The number of allylic oxidation sites excluding steroid dienone is 1. The summed E-state index contributed by atoms with van der Waals surface area (Å²) in [4.78, 5) is 29.0. The van der Waals surface area contributed by atoms with Crippen LogP contribution in [0.3, 0.4) is 0 Å². The first-order valence-electron chi connectivity index (χ1n) is 13.7. The fraction of sp³-hybridized carbons (Fsp3) is 0.273. The fourth-order valence-corrected chi connectivity index (χ4v) is 5.30. The highest BCUT2D eigenvalue weighted by molar-refractivity contribution is 6.11. The molecule has 2 N–H and O–H groups in total. The summed E-state index contributed by atoms with van der Waals surface area (Å²) in [6.45, 7) is 9.23. The molecule has 7 nitrogen and oxygen atoms in total. The van der Waals surface area contributed by atoms with Crippen LogP contribution in [0.15, 0.2) is 78.0 Å². The molecule has 43 heavy (non-hydrogen) atoms. The van der Waals surface area contributed by atoms with E-state index in [1.807, 2.05) is 13.8 Å². The van der Waals surface area contributed by atoms with E-state index in [2.05, 4.69) is 11.9 Å². The quantitative estimate of drug-likeness (QED) is 0.185. The Morgan fingerprint density at radius 2 is 1.86 bits per heavy atom. The molecule has 1 atom stereocenters. The molecule has 3 aromatic rings. The van der Waals surface area contributed by atoms with E-state index in [4.69, 9.17) is 9.47 Å². The summed E-state index contributed by atoms with van der Waals surface area (Å²) >= 11 is 0. The molecular formula is C33H31F3N2O5. The van der Waals surface area contributed by atoms with Gasteiger partial charge in [-0.05, 0) is 67.2 Å². The summed E-state index contributed by atoms with van der Waals surface area (Å²) < 4.78 is 57.8. The highest BCUT2D eigenvalue weighted by atomic mass is 19.2. The minimum Gasteiger partial charge on any atom is -0.506 e. The van der Waals surface area contributed by atoms with Gasteiger partial charge in [0.15, 0.2) is 11.6 Å². The molecule has 0 radical (unpaired) electrons. The number of amides is 1. The van der Waals surface area contributed by atoms with E-state index in [9.17, 15) is 14.7 Å². The molecule has 0 spiro atoms. The minimum absolute atomic E-state index is 0.0121. The number of halogens is 3. The van der Waals surface area contributed by atoms with Crippen LogP contribution in [0.25, 0.3) is 0 Å². The van der Waals surface area contributed by atoms with Crippen molar-refractivity contribution in [3.8, 4) is 11.5 Å². The number of benzene rings is 3. The number of para-hydroxylation sites is 1. The van der Waals surface area contributed by atoms with Gasteiger partial charge in [-0.15, -0.1) is 0 Å². The SMILES string of the molecule is C=C(C)COc1ccc(C2C3=C(CC(C)(C)CCOC3=O)Nc3c(O)cccc3N2C(=O)c2ccccc2F)c(F)c1F. The Hall–Kier alpha value is -4.73. The number of hydrogen-bond acceptors (Lipinski definition) is 6. The van der Waals surface area contributed by atoms with E-state index < -0.39 is 52.1 Å². The highest BCUT2D eigenvalue weighted by Gasteiger charge is 2.44. The lowest BCUT2D eigenvalue weighted by molar-refractivity contribution is -0.140. The zero-order valence-corrected chi connectivity index (χ0v) is 24.0. The molecule has 0 fully saturated rings. The lowest BCUT2D eigenvalue weighted by Gasteiger charge is -2.35. The molecule has 0 saturated heterocycles. The van der Waals surface area contributed by atoms with Gasteiger partial charge in [-0.1, -0.05) is 38.6 Å². The Kier molecular flexibility index (Phi) is 7.96. The molecule has 1 amide bonds. The van der Waals surface area contributed by atoms with Crippen LogP contribution in [0.2, 0.25) is 0 Å². The Morgan fingerprint density at radius 1 is 1.12 bits per heavy atom. The number of carbonyl (C=O) groups is 2. The summed E-state index contributed by atoms with van der Waals surface area (Å²) in [6, 6.07) is 10.3. The first kappa shape index (κ1) is 29.8. The van der Waals surface area contributed by atoms with E-state index in [0.717, 1.165) is 11.0 Å². The average molecular weight is 593 g/mol. The maximum Gasteiger partial charge on any atom is 0.338 e. The predicted molar refractivity (Wildman–Crippen MR) is 155 cm³/mol. The second-order valence-electron chi connectivity index (χ2n) is 11.5. The Bertz CT molecular complexity index is 1670. The normalized spacial score (nSPS) is 17.9. The number of anilines is 2. The van der Waals surface area contributed by atoms with Crippen molar-refractivity contribution < 1.29 is 37.3 Å². The Labute approximate surface area is 247 Å². The van der Waals surface area contributed by atoms with Crippen LogP contribution in [0, 0.1) is 22.9 Å². The fourth-order valence-electron chi connectivity index (χ4n) is 5.30. The minimum atomic E-state index is -1.64. The molecule has 0 saturated carbocycles. The second kappa shape index (κ2) is 11.5. The molecule has 10 heteroatoms. The van der Waals surface area contributed by atoms with Crippen molar-refractivity contribution in [2.75, 3.05) is 23.4 Å². The maximum absolute atomic E-state index is 16.2. The molecule has 2 heterocycles. The highest BCUT2D eigenvalue weighted by Crippen LogP contribution is 2.49. The zero-order chi connectivity index (χ0) is 31.1. The number of ether oxygens (including phenoxy) is 2. The summed E-state index contributed by atoms with van der Waals surface area (Å²) in [5, 5.41) is 14.0. The summed E-state index contributed by atoms with van der Waals surface area (Å²) in [7, 11) is 0. The topological polar surface area (TPSA) is 88.1 Å². The van der Waals surface area contributed by atoms with E-state index >= 15 is 13.2 Å². The van der Waals surface area contributed by atoms with Crippen LogP contribution < -0.4 is 15.0 Å². The molecule has 5 rings (SSSR count). The van der Waals surface area contributed by atoms with E-state index in [-0.39, 0.29) is 53.6 Å². The van der Waals surface area contributed by atoms with Crippen LogP contribution in [0.5, 0.6) is 11.5 Å². The van der Waals surface area contributed by atoms with Crippen molar-refractivity contribution in [1.29, 1.82) is 0 Å². The number of phenolic OH excluding ortho intramolecular Hbond substituents is 1. The molecule has 2 aliphatic heterocycles. The molecular weight excluding hydrogens is 561 g/mol. The summed E-state index contributed by atoms with van der Waals surface area (Å²) in [5.41, 5.74) is -0.537. The number of rotatable bonds is 5. The first-order valence-corrected chi connectivity index (χ1v) is 13.7. The van der Waals surface area contributed by atoms with Gasteiger partial charge < -0.3 is 19.9 Å². The Morgan fingerprint density at radius 3 is 2.58 bits per heavy atom. The largest absolute Gasteiger partial charge is 0.506 e. The van der Waals surface area contributed by atoms with E-state index in [1.54, 1.807) is 6.92 Å². The van der Waals surface area contributed by atoms with Crippen molar-refractivity contribution >= 4 is 23.3 Å². The molecule has 0 bridgehead atoms. The van der Waals surface area contributed by atoms with Crippen LogP contribution in [-0.2, 0) is 9.53 Å². The number of esters is 1. The molecule has 0 aliphatic carbocycles. The number of carbonyl (C=O) groups excluding carboxylic acids is 2. The Balaban J connectivity index is 1.84. The third-order valence-corrected chi connectivity index (χ3v) is 7.47. The van der Waals surface area contributed by atoms with Gasteiger partial charge in [0.2, 0.25) is 5.82 Å². The van der Waals surface area contributed by atoms with Crippen molar-refractivity contribution in [2.24, 2.45) is 5.41 Å². The van der Waals surface area contributed by atoms with E-state index in [0.29, 0.717) is 12.0 Å². The lowest BCUT2D eigenvalue weighted by atomic mass is 9.81.